The van der Waals surface area contributed by atoms with Gasteiger partial charge in [-0.2, -0.15) is 0 Å². The highest BCUT2D eigenvalue weighted by Gasteiger charge is 2.52. The van der Waals surface area contributed by atoms with E-state index in [1.54, 1.807) is 7.11 Å². The molecule has 148 valence electrons. The summed E-state index contributed by atoms with van der Waals surface area (Å²) in [5.41, 5.74) is 4.90. The smallest absolute Gasteiger partial charge is 0.255 e. The summed E-state index contributed by atoms with van der Waals surface area (Å²) in [6.07, 6.45) is 2.60. The lowest BCUT2D eigenvalue weighted by molar-refractivity contribution is -0.145. The van der Waals surface area contributed by atoms with E-state index < -0.39 is 5.60 Å². The number of fused-ring (bicyclic) bond motifs is 1. The minimum Gasteiger partial charge on any atom is -0.378 e. The van der Waals surface area contributed by atoms with E-state index in [2.05, 4.69) is 38.2 Å². The zero-order chi connectivity index (χ0) is 19.2. The Balaban J connectivity index is 1.69. The average Bonchev–Trinajstić information content (AvgIpc) is 3.47. The van der Waals surface area contributed by atoms with Gasteiger partial charge in [-0.05, 0) is 46.9 Å². The Hall–Kier alpha value is -1.43. The van der Waals surface area contributed by atoms with Crippen LogP contribution in [0.25, 0.3) is 0 Å². The van der Waals surface area contributed by atoms with Gasteiger partial charge in [0.15, 0.2) is 0 Å². The molecule has 0 bridgehead atoms. The van der Waals surface area contributed by atoms with E-state index in [4.69, 9.17) is 9.47 Å². The third-order valence-corrected chi connectivity index (χ3v) is 6.31. The minimum atomic E-state index is -0.546. The molecule has 1 atom stereocenters. The van der Waals surface area contributed by atoms with Gasteiger partial charge >= 0.3 is 0 Å². The van der Waals surface area contributed by atoms with E-state index in [0.717, 1.165) is 39.0 Å². The first-order valence-corrected chi connectivity index (χ1v) is 10.2. The molecular weight excluding hydrogens is 340 g/mol. The average molecular weight is 373 g/mol. The number of benzene rings is 1. The summed E-state index contributed by atoms with van der Waals surface area (Å²) in [6, 6.07) is 4.89. The van der Waals surface area contributed by atoms with Gasteiger partial charge in [-0.1, -0.05) is 32.9 Å². The lowest BCUT2D eigenvalue weighted by atomic mass is 9.80. The predicted molar refractivity (Wildman–Crippen MR) is 105 cm³/mol. The van der Waals surface area contributed by atoms with Gasteiger partial charge in [0.05, 0.1) is 19.3 Å². The van der Waals surface area contributed by atoms with Gasteiger partial charge in [-0.25, -0.2) is 0 Å². The predicted octanol–water partition coefficient (Wildman–Crippen LogP) is 2.71. The molecule has 1 aliphatic carbocycles. The molecule has 2 fully saturated rings. The van der Waals surface area contributed by atoms with Crippen molar-refractivity contribution in [2.75, 3.05) is 33.4 Å². The molecule has 5 heteroatoms. The van der Waals surface area contributed by atoms with Crippen molar-refractivity contribution >= 4 is 5.91 Å². The number of carbonyl (C=O) groups is 1. The van der Waals surface area contributed by atoms with E-state index in [0.29, 0.717) is 13.2 Å². The van der Waals surface area contributed by atoms with Crippen LogP contribution in [0.15, 0.2) is 12.1 Å². The summed E-state index contributed by atoms with van der Waals surface area (Å²) in [5.74, 6) is 0.161. The van der Waals surface area contributed by atoms with Crippen molar-refractivity contribution in [3.05, 3.63) is 34.4 Å². The van der Waals surface area contributed by atoms with E-state index >= 15 is 0 Å². The maximum atomic E-state index is 13.0. The fraction of sp³-hybridized carbons (Fsp3) is 0.682. The lowest BCUT2D eigenvalue weighted by Crippen LogP contribution is -2.45. The van der Waals surface area contributed by atoms with Crippen molar-refractivity contribution < 1.29 is 14.3 Å². The number of rotatable bonds is 3. The van der Waals surface area contributed by atoms with Crippen LogP contribution >= 0.6 is 0 Å². The highest BCUT2D eigenvalue weighted by Crippen LogP contribution is 2.42. The van der Waals surface area contributed by atoms with Crippen LogP contribution in [0.4, 0.5) is 0 Å². The van der Waals surface area contributed by atoms with E-state index in [1.807, 2.05) is 4.90 Å². The van der Waals surface area contributed by atoms with Crippen LogP contribution in [0.2, 0.25) is 0 Å². The van der Waals surface area contributed by atoms with Crippen molar-refractivity contribution in [1.29, 1.82) is 0 Å². The fourth-order valence-electron chi connectivity index (χ4n) is 4.29. The first-order chi connectivity index (χ1) is 12.8. The van der Waals surface area contributed by atoms with E-state index in [9.17, 15) is 4.79 Å². The number of nitrogens with zero attached hydrogens (tertiary/aromatic N) is 1. The molecule has 3 aliphatic rings. The van der Waals surface area contributed by atoms with Gasteiger partial charge in [0, 0.05) is 26.7 Å². The molecule has 1 aromatic rings. The maximum absolute atomic E-state index is 13.0. The lowest BCUT2D eigenvalue weighted by Gasteiger charge is -2.36. The SMILES string of the molecule is COC1(C(=O)N2CCc3cc(C(C)(C)C)cc([C@@H]4COCCN4)c3C2)CC1. The van der Waals surface area contributed by atoms with E-state index in [1.165, 1.54) is 22.3 Å². The maximum Gasteiger partial charge on any atom is 0.255 e. The fourth-order valence-corrected chi connectivity index (χ4v) is 4.29. The third-order valence-electron chi connectivity index (χ3n) is 6.31. The topological polar surface area (TPSA) is 50.8 Å². The van der Waals surface area contributed by atoms with Crippen molar-refractivity contribution in [2.24, 2.45) is 0 Å². The minimum absolute atomic E-state index is 0.0976. The Morgan fingerprint density at radius 2 is 2.11 bits per heavy atom. The number of amides is 1. The third kappa shape index (κ3) is 3.53. The van der Waals surface area contributed by atoms with Crippen LogP contribution < -0.4 is 5.32 Å². The molecule has 1 N–H and O–H groups in total. The van der Waals surface area contributed by atoms with Crippen LogP contribution in [-0.2, 0) is 32.6 Å². The molecule has 0 unspecified atom stereocenters. The molecule has 0 aromatic heterocycles. The van der Waals surface area contributed by atoms with Gasteiger partial charge < -0.3 is 19.7 Å². The molecule has 0 radical (unpaired) electrons. The van der Waals surface area contributed by atoms with Gasteiger partial charge in [0.25, 0.3) is 5.91 Å². The normalized spacial score (nSPS) is 24.4. The molecule has 5 nitrogen and oxygen atoms in total. The Morgan fingerprint density at radius 3 is 2.70 bits per heavy atom. The first kappa shape index (κ1) is 18.9. The zero-order valence-corrected chi connectivity index (χ0v) is 17.1. The standard InChI is InChI=1S/C22H32N2O3/c1-21(2,3)16-11-15-5-9-24(20(25)22(26-4)6-7-22)13-18(15)17(12-16)19-14-27-10-8-23-19/h11-12,19,23H,5-10,13-14H2,1-4H3/t19-/m0/s1. The van der Waals surface area contributed by atoms with Crippen LogP contribution in [0.3, 0.4) is 0 Å². The second kappa shape index (κ2) is 6.87. The number of hydrogen-bond donors (Lipinski definition) is 1. The molecular formula is C22H32N2O3. The van der Waals surface area contributed by atoms with Crippen molar-refractivity contribution in [2.45, 2.75) is 63.6 Å². The zero-order valence-electron chi connectivity index (χ0n) is 17.1. The summed E-state index contributed by atoms with van der Waals surface area (Å²) in [5, 5.41) is 3.61. The van der Waals surface area contributed by atoms with Crippen LogP contribution in [-0.4, -0.2) is 49.8 Å². The molecule has 2 aliphatic heterocycles. The highest BCUT2D eigenvalue weighted by molar-refractivity contribution is 5.88. The van der Waals surface area contributed by atoms with Crippen LogP contribution in [0, 0.1) is 0 Å². The van der Waals surface area contributed by atoms with Crippen molar-refractivity contribution in [3.8, 4) is 0 Å². The number of nitrogens with one attached hydrogen (secondary N) is 1. The Kier molecular flexibility index (Phi) is 4.81. The van der Waals surface area contributed by atoms with E-state index in [-0.39, 0.29) is 17.4 Å². The summed E-state index contributed by atoms with van der Waals surface area (Å²) < 4.78 is 11.3. The molecule has 2 heterocycles. The quantitative estimate of drug-likeness (QED) is 0.886. The molecule has 4 rings (SSSR count). The van der Waals surface area contributed by atoms with Gasteiger partial charge in [-0.15, -0.1) is 0 Å². The number of methoxy groups -OCH3 is 1. The number of ether oxygens (including phenoxy) is 2. The molecule has 1 saturated carbocycles. The van der Waals surface area contributed by atoms with Crippen molar-refractivity contribution in [3.63, 3.8) is 0 Å². The Bertz CT molecular complexity index is 728. The van der Waals surface area contributed by atoms with Crippen LogP contribution in [0.5, 0.6) is 0 Å². The molecule has 1 aromatic carbocycles. The largest absolute Gasteiger partial charge is 0.378 e. The highest BCUT2D eigenvalue weighted by atomic mass is 16.5. The first-order valence-electron chi connectivity index (χ1n) is 10.2. The van der Waals surface area contributed by atoms with Gasteiger partial charge in [0.1, 0.15) is 5.60 Å². The number of morpholine rings is 1. The van der Waals surface area contributed by atoms with Crippen LogP contribution in [0.1, 0.15) is 61.9 Å². The summed E-state index contributed by atoms with van der Waals surface area (Å²) in [4.78, 5) is 15.0. The summed E-state index contributed by atoms with van der Waals surface area (Å²) in [6.45, 7) is 10.6. The molecule has 1 saturated heterocycles. The number of hydrogen-bond acceptors (Lipinski definition) is 4. The molecule has 0 spiro atoms. The van der Waals surface area contributed by atoms with Crippen molar-refractivity contribution in [1.82, 2.24) is 10.2 Å². The second-order valence-corrected chi connectivity index (χ2v) is 9.21. The monoisotopic (exact) mass is 372 g/mol. The van der Waals surface area contributed by atoms with Gasteiger partial charge in [0.2, 0.25) is 0 Å². The molecule has 1 amide bonds. The molecule has 27 heavy (non-hydrogen) atoms. The van der Waals surface area contributed by atoms with Gasteiger partial charge in [-0.3, -0.25) is 4.79 Å². The Labute approximate surface area is 162 Å². The summed E-state index contributed by atoms with van der Waals surface area (Å²) >= 11 is 0. The summed E-state index contributed by atoms with van der Waals surface area (Å²) in [7, 11) is 1.66. The second-order valence-electron chi connectivity index (χ2n) is 9.21. The number of carbonyl (C=O) groups excluding carboxylic acids is 1. The Morgan fingerprint density at radius 1 is 1.33 bits per heavy atom.